The average molecular weight is 294 g/mol. The number of benzene rings is 1. The Morgan fingerprint density at radius 1 is 1.38 bits per heavy atom. The van der Waals surface area contributed by atoms with E-state index in [1.165, 1.54) is 7.11 Å². The molecule has 0 bridgehead atoms. The number of nitrogens with one attached hydrogen (secondary N) is 2. The molecule has 0 saturated carbocycles. The van der Waals surface area contributed by atoms with Crippen LogP contribution in [0.4, 0.5) is 5.69 Å². The molecule has 1 saturated heterocycles. The van der Waals surface area contributed by atoms with E-state index in [4.69, 9.17) is 4.74 Å². The van der Waals surface area contributed by atoms with Gasteiger partial charge in [0.15, 0.2) is 6.61 Å². The van der Waals surface area contributed by atoms with Gasteiger partial charge in [-0.15, -0.1) is 0 Å². The van der Waals surface area contributed by atoms with Gasteiger partial charge in [0.05, 0.1) is 19.3 Å². The number of methoxy groups -OCH3 is 1. The van der Waals surface area contributed by atoms with Crippen molar-refractivity contribution in [1.82, 2.24) is 5.32 Å². The number of anilines is 1. The Balaban J connectivity index is 1.84. The molecule has 1 aliphatic rings. The van der Waals surface area contributed by atoms with Crippen molar-refractivity contribution in [3.8, 4) is 5.75 Å². The Kier molecular flexibility index (Phi) is 5.13. The van der Waals surface area contributed by atoms with Crippen LogP contribution in [-0.4, -0.2) is 49.4 Å². The van der Waals surface area contributed by atoms with Crippen molar-refractivity contribution in [2.75, 3.05) is 25.6 Å². The smallest absolute Gasteiger partial charge is 0.343 e. The molecule has 21 heavy (non-hydrogen) atoms. The van der Waals surface area contributed by atoms with Crippen LogP contribution in [0.25, 0.3) is 0 Å². The first-order valence-electron chi connectivity index (χ1n) is 6.60. The Hall–Kier alpha value is -2.12. The highest BCUT2D eigenvalue weighted by Gasteiger charge is 2.27. The number of aliphatic hydroxyl groups excluding tert-OH is 1. The number of ether oxygens (including phenoxy) is 2. The van der Waals surface area contributed by atoms with Gasteiger partial charge in [0, 0.05) is 12.2 Å². The lowest BCUT2D eigenvalue weighted by atomic mass is 10.2. The van der Waals surface area contributed by atoms with Crippen molar-refractivity contribution in [2.45, 2.75) is 18.6 Å². The lowest BCUT2D eigenvalue weighted by molar-refractivity contribution is -0.142. The van der Waals surface area contributed by atoms with Gasteiger partial charge in [-0.3, -0.25) is 4.79 Å². The maximum atomic E-state index is 11.9. The third-order valence-corrected chi connectivity index (χ3v) is 3.13. The second kappa shape index (κ2) is 7.05. The summed E-state index contributed by atoms with van der Waals surface area (Å²) in [6, 6.07) is 6.27. The first kappa shape index (κ1) is 15.3. The summed E-state index contributed by atoms with van der Waals surface area (Å²) in [5.41, 5.74) is 0.619. The zero-order valence-corrected chi connectivity index (χ0v) is 11.7. The Labute approximate surface area is 122 Å². The molecule has 7 nitrogen and oxygen atoms in total. The Morgan fingerprint density at radius 3 is 2.67 bits per heavy atom. The molecule has 2 unspecified atom stereocenters. The van der Waals surface area contributed by atoms with E-state index in [9.17, 15) is 14.7 Å². The number of carbonyl (C=O) groups is 2. The number of hydrogen-bond acceptors (Lipinski definition) is 6. The third-order valence-electron chi connectivity index (χ3n) is 3.13. The van der Waals surface area contributed by atoms with Gasteiger partial charge in [-0.2, -0.15) is 0 Å². The summed E-state index contributed by atoms with van der Waals surface area (Å²) >= 11 is 0. The SMILES string of the molecule is COC(=O)COc1ccc(NC(=O)C2CC(O)CN2)cc1. The molecule has 1 heterocycles. The van der Waals surface area contributed by atoms with Crippen LogP contribution in [0.2, 0.25) is 0 Å². The van der Waals surface area contributed by atoms with Gasteiger partial charge < -0.3 is 25.2 Å². The number of hydrogen-bond donors (Lipinski definition) is 3. The maximum absolute atomic E-state index is 11.9. The number of rotatable bonds is 5. The molecule has 2 atom stereocenters. The van der Waals surface area contributed by atoms with E-state index in [0.29, 0.717) is 24.4 Å². The fourth-order valence-electron chi connectivity index (χ4n) is 1.98. The number of β-amino-alcohol motifs (C(OH)–C–C–N with tert-alkyl or cyclic N) is 1. The molecule has 2 rings (SSSR count). The zero-order valence-electron chi connectivity index (χ0n) is 11.7. The van der Waals surface area contributed by atoms with Crippen molar-refractivity contribution in [3.63, 3.8) is 0 Å². The lowest BCUT2D eigenvalue weighted by Gasteiger charge is -2.11. The fourth-order valence-corrected chi connectivity index (χ4v) is 1.98. The Morgan fingerprint density at radius 2 is 2.10 bits per heavy atom. The molecule has 1 amide bonds. The van der Waals surface area contributed by atoms with Crippen LogP contribution in [0.1, 0.15) is 6.42 Å². The molecule has 0 radical (unpaired) electrons. The van der Waals surface area contributed by atoms with Crippen LogP contribution < -0.4 is 15.4 Å². The van der Waals surface area contributed by atoms with Gasteiger partial charge in [0.2, 0.25) is 5.91 Å². The maximum Gasteiger partial charge on any atom is 0.343 e. The summed E-state index contributed by atoms with van der Waals surface area (Å²) in [4.78, 5) is 22.9. The molecule has 1 aliphatic heterocycles. The van der Waals surface area contributed by atoms with Crippen LogP contribution in [0.15, 0.2) is 24.3 Å². The van der Waals surface area contributed by atoms with E-state index in [0.717, 1.165) is 0 Å². The molecule has 0 aromatic heterocycles. The van der Waals surface area contributed by atoms with Gasteiger partial charge in [-0.25, -0.2) is 4.79 Å². The number of amides is 1. The molecule has 0 aliphatic carbocycles. The van der Waals surface area contributed by atoms with Crippen LogP contribution in [0.3, 0.4) is 0 Å². The van der Waals surface area contributed by atoms with Crippen LogP contribution in [-0.2, 0) is 14.3 Å². The molecule has 0 spiro atoms. The molecule has 1 aromatic rings. The second-order valence-electron chi connectivity index (χ2n) is 4.73. The summed E-state index contributed by atoms with van der Waals surface area (Å²) in [6.07, 6.45) is -0.0681. The minimum absolute atomic E-state index is 0.161. The number of esters is 1. The van der Waals surface area contributed by atoms with Crippen LogP contribution >= 0.6 is 0 Å². The van der Waals surface area contributed by atoms with Gasteiger partial charge in [-0.05, 0) is 30.7 Å². The summed E-state index contributed by atoms with van der Waals surface area (Å²) in [7, 11) is 1.29. The molecular formula is C14H18N2O5. The zero-order chi connectivity index (χ0) is 15.2. The third kappa shape index (κ3) is 4.44. The van der Waals surface area contributed by atoms with Gasteiger partial charge >= 0.3 is 5.97 Å². The predicted octanol–water partition coefficient (Wildman–Crippen LogP) is -0.100. The highest BCUT2D eigenvalue weighted by atomic mass is 16.6. The normalized spacial score (nSPS) is 20.9. The summed E-state index contributed by atoms with van der Waals surface area (Å²) in [5, 5.41) is 15.1. The number of aliphatic hydroxyl groups is 1. The first-order valence-corrected chi connectivity index (χ1v) is 6.60. The molecule has 1 fully saturated rings. The highest BCUT2D eigenvalue weighted by Crippen LogP contribution is 2.17. The van der Waals surface area contributed by atoms with Crippen molar-refractivity contribution >= 4 is 17.6 Å². The second-order valence-corrected chi connectivity index (χ2v) is 4.73. The molecule has 114 valence electrons. The Bertz CT molecular complexity index is 503. The summed E-state index contributed by atoms with van der Waals surface area (Å²) < 4.78 is 9.67. The standard InChI is InChI=1S/C14H18N2O5/c1-20-13(18)8-21-11-4-2-9(3-5-11)16-14(19)12-6-10(17)7-15-12/h2-5,10,12,15,17H,6-8H2,1H3,(H,16,19). The van der Waals surface area contributed by atoms with Gasteiger partial charge in [-0.1, -0.05) is 0 Å². The van der Waals surface area contributed by atoms with Crippen molar-refractivity contribution in [1.29, 1.82) is 0 Å². The predicted molar refractivity (Wildman–Crippen MR) is 75.0 cm³/mol. The molecular weight excluding hydrogens is 276 g/mol. The average Bonchev–Trinajstić information content (AvgIpc) is 2.93. The van der Waals surface area contributed by atoms with Crippen molar-refractivity contribution < 1.29 is 24.2 Å². The van der Waals surface area contributed by atoms with Gasteiger partial charge in [0.1, 0.15) is 5.75 Å². The first-order chi connectivity index (χ1) is 10.1. The van der Waals surface area contributed by atoms with Gasteiger partial charge in [0.25, 0.3) is 0 Å². The minimum Gasteiger partial charge on any atom is -0.482 e. The largest absolute Gasteiger partial charge is 0.482 e. The molecule has 7 heteroatoms. The van der Waals surface area contributed by atoms with Crippen molar-refractivity contribution in [3.05, 3.63) is 24.3 Å². The van der Waals surface area contributed by atoms with E-state index in [2.05, 4.69) is 15.4 Å². The summed E-state index contributed by atoms with van der Waals surface area (Å²) in [6.45, 7) is 0.268. The minimum atomic E-state index is -0.477. The van der Waals surface area contributed by atoms with E-state index < -0.39 is 12.1 Å². The molecule has 3 N–H and O–H groups in total. The topological polar surface area (TPSA) is 96.9 Å². The fraction of sp³-hybridized carbons (Fsp3) is 0.429. The highest BCUT2D eigenvalue weighted by molar-refractivity contribution is 5.95. The van der Waals surface area contributed by atoms with E-state index in [1.54, 1.807) is 24.3 Å². The van der Waals surface area contributed by atoms with Crippen molar-refractivity contribution in [2.24, 2.45) is 0 Å². The van der Waals surface area contributed by atoms with E-state index in [-0.39, 0.29) is 18.6 Å². The number of carbonyl (C=O) groups excluding carboxylic acids is 2. The van der Waals surface area contributed by atoms with Crippen LogP contribution in [0, 0.1) is 0 Å². The summed E-state index contributed by atoms with van der Waals surface area (Å²) in [5.74, 6) is -0.138. The van der Waals surface area contributed by atoms with Crippen LogP contribution in [0.5, 0.6) is 5.75 Å². The van der Waals surface area contributed by atoms with E-state index >= 15 is 0 Å². The van der Waals surface area contributed by atoms with E-state index in [1.807, 2.05) is 0 Å². The monoisotopic (exact) mass is 294 g/mol. The molecule has 1 aromatic carbocycles. The lowest BCUT2D eigenvalue weighted by Crippen LogP contribution is -2.35. The quantitative estimate of drug-likeness (QED) is 0.656.